The SMILES string of the molecule is CC(=O)[C@H]1CC[C@H]2[C@@H]3CCC4=CC(=O)CC(C5CCC5C5CC(=O)C=C6CC[C@H]7[C@@H]8CC[C@H](C(C)=O)[C@@]8(C)CC[C@@H]7[C@@]65C)[C@@]4(C)[C@H]3CC[C@]12C. The summed E-state index contributed by atoms with van der Waals surface area (Å²) in [5.41, 5.74) is 3.27. The second-order valence-electron chi connectivity index (χ2n) is 20.8. The molecule has 4 heteroatoms. The van der Waals surface area contributed by atoms with Crippen molar-refractivity contribution in [2.45, 2.75) is 144 Å². The number of allylic oxidation sites excluding steroid dienone is 2. The highest BCUT2D eigenvalue weighted by Gasteiger charge is 2.66. The summed E-state index contributed by atoms with van der Waals surface area (Å²) in [5, 5.41) is 0. The van der Waals surface area contributed by atoms with Gasteiger partial charge in [-0.3, -0.25) is 19.2 Å². The molecule has 272 valence electrons. The number of hydrogen-bond acceptors (Lipinski definition) is 4. The Balaban J connectivity index is 1.04. The third kappa shape index (κ3) is 4.35. The molecule has 0 aromatic heterocycles. The average Bonchev–Trinajstić information content (AvgIpc) is 3.59. The van der Waals surface area contributed by atoms with Gasteiger partial charge in [-0.2, -0.15) is 0 Å². The van der Waals surface area contributed by atoms with E-state index in [-0.39, 0.29) is 33.5 Å². The van der Waals surface area contributed by atoms with E-state index in [9.17, 15) is 19.2 Å². The molecule has 0 heterocycles. The number of carbonyl (C=O) groups excluding carboxylic acids is 4. The van der Waals surface area contributed by atoms with Crippen LogP contribution in [0.3, 0.4) is 0 Å². The molecule has 0 radical (unpaired) electrons. The molecule has 7 fully saturated rings. The summed E-state index contributed by atoms with van der Waals surface area (Å²) in [5.74, 6) is 7.42. The lowest BCUT2D eigenvalue weighted by Gasteiger charge is -2.65. The van der Waals surface area contributed by atoms with Crippen molar-refractivity contribution in [3.63, 3.8) is 0 Å². The van der Waals surface area contributed by atoms with Gasteiger partial charge >= 0.3 is 0 Å². The minimum absolute atomic E-state index is 0.0430. The number of hydrogen-bond donors (Lipinski definition) is 0. The molecule has 0 aliphatic heterocycles. The van der Waals surface area contributed by atoms with Gasteiger partial charge in [0, 0.05) is 24.7 Å². The van der Waals surface area contributed by atoms with Gasteiger partial charge in [-0.05, 0) is 197 Å². The second kappa shape index (κ2) is 11.3. The predicted molar refractivity (Wildman–Crippen MR) is 196 cm³/mol. The van der Waals surface area contributed by atoms with Crippen LogP contribution in [0.4, 0.5) is 0 Å². The molecule has 0 spiro atoms. The van der Waals surface area contributed by atoms with E-state index in [1.807, 2.05) is 13.8 Å². The fraction of sp³-hybridized carbons (Fsp3) is 0.826. The highest BCUT2D eigenvalue weighted by molar-refractivity contribution is 5.93. The monoisotopic (exact) mass is 680 g/mol. The van der Waals surface area contributed by atoms with Gasteiger partial charge in [-0.25, -0.2) is 0 Å². The Bertz CT molecular complexity index is 1470. The van der Waals surface area contributed by atoms with Crippen LogP contribution >= 0.6 is 0 Å². The molecule has 7 saturated carbocycles. The van der Waals surface area contributed by atoms with E-state index < -0.39 is 0 Å². The maximum absolute atomic E-state index is 13.6. The van der Waals surface area contributed by atoms with Crippen LogP contribution in [-0.4, -0.2) is 23.1 Å². The van der Waals surface area contributed by atoms with Crippen LogP contribution in [0.5, 0.6) is 0 Å². The van der Waals surface area contributed by atoms with Crippen molar-refractivity contribution in [2.24, 2.45) is 92.7 Å². The summed E-state index contributed by atoms with van der Waals surface area (Å²) in [6.45, 7) is 13.8. The Morgan fingerprint density at radius 3 is 1.26 bits per heavy atom. The van der Waals surface area contributed by atoms with Crippen molar-refractivity contribution in [3.8, 4) is 0 Å². The van der Waals surface area contributed by atoms with E-state index >= 15 is 0 Å². The Kier molecular flexibility index (Phi) is 7.70. The van der Waals surface area contributed by atoms with Crippen LogP contribution in [0.25, 0.3) is 0 Å². The Hall–Kier alpha value is -1.84. The standard InChI is InChI=1S/C46H64O4/c1-25(47)35-13-15-37-33-9-7-27-21-29(49)23-41(45(27,5)39(33)17-19-43(35,37)3)31-11-12-32(31)42-24-30(50)22-28-8-10-34-38-16-14-36(26(2)48)44(38,4)20-18-40(34)46(28,42)6/h21-22,31-42H,7-20,23-24H2,1-6H3/t31?,32?,33-,34-,35+,36+,37-,38-,39-,40-,41?,42?,43+,44+,45+,46+/m0/s1. The lowest BCUT2D eigenvalue weighted by molar-refractivity contribution is -0.147. The lowest BCUT2D eigenvalue weighted by atomic mass is 9.38. The topological polar surface area (TPSA) is 68.3 Å². The smallest absolute Gasteiger partial charge is 0.155 e. The van der Waals surface area contributed by atoms with E-state index in [1.54, 1.807) is 0 Å². The molecular formula is C46H64O4. The molecule has 9 aliphatic carbocycles. The molecule has 0 bridgehead atoms. The predicted octanol–water partition coefficient (Wildman–Crippen LogP) is 9.94. The summed E-state index contributed by atoms with van der Waals surface area (Å²) in [6, 6.07) is 0. The fourth-order valence-corrected chi connectivity index (χ4v) is 17.5. The summed E-state index contributed by atoms with van der Waals surface area (Å²) in [7, 11) is 0. The summed E-state index contributed by atoms with van der Waals surface area (Å²) in [6.07, 6.45) is 21.6. The Morgan fingerprint density at radius 2 is 0.900 bits per heavy atom. The van der Waals surface area contributed by atoms with Crippen LogP contribution in [-0.2, 0) is 19.2 Å². The van der Waals surface area contributed by atoms with E-state index in [4.69, 9.17) is 0 Å². The number of carbonyl (C=O) groups is 4. The van der Waals surface area contributed by atoms with Crippen molar-refractivity contribution in [1.82, 2.24) is 0 Å². The van der Waals surface area contributed by atoms with Gasteiger partial charge in [0.1, 0.15) is 11.6 Å². The third-order valence-corrected chi connectivity index (χ3v) is 19.7. The van der Waals surface area contributed by atoms with Gasteiger partial charge in [0.25, 0.3) is 0 Å². The van der Waals surface area contributed by atoms with E-state index in [1.165, 1.54) is 62.5 Å². The van der Waals surface area contributed by atoms with Crippen molar-refractivity contribution in [3.05, 3.63) is 23.3 Å². The van der Waals surface area contributed by atoms with Crippen LogP contribution in [0.15, 0.2) is 23.3 Å². The van der Waals surface area contributed by atoms with E-state index in [0.29, 0.717) is 95.2 Å². The van der Waals surface area contributed by atoms with Gasteiger partial charge in [0.15, 0.2) is 11.6 Å². The first kappa shape index (κ1) is 34.0. The van der Waals surface area contributed by atoms with Gasteiger partial charge in [0.05, 0.1) is 0 Å². The first-order valence-corrected chi connectivity index (χ1v) is 21.2. The van der Waals surface area contributed by atoms with Crippen molar-refractivity contribution in [2.75, 3.05) is 0 Å². The first-order chi connectivity index (χ1) is 23.7. The molecule has 0 aromatic rings. The molecule has 9 aliphatic rings. The summed E-state index contributed by atoms with van der Waals surface area (Å²) >= 11 is 0. The minimum Gasteiger partial charge on any atom is -0.300 e. The fourth-order valence-electron chi connectivity index (χ4n) is 17.5. The van der Waals surface area contributed by atoms with E-state index in [2.05, 4.69) is 39.8 Å². The number of ketones is 4. The molecule has 16 atom stereocenters. The molecule has 50 heavy (non-hydrogen) atoms. The van der Waals surface area contributed by atoms with Crippen molar-refractivity contribution >= 4 is 23.1 Å². The second-order valence-corrected chi connectivity index (χ2v) is 20.8. The van der Waals surface area contributed by atoms with Gasteiger partial charge in [-0.15, -0.1) is 0 Å². The van der Waals surface area contributed by atoms with Crippen molar-refractivity contribution < 1.29 is 19.2 Å². The third-order valence-electron chi connectivity index (χ3n) is 19.7. The number of rotatable bonds is 4. The summed E-state index contributed by atoms with van der Waals surface area (Å²) < 4.78 is 0. The molecule has 0 aromatic carbocycles. The first-order valence-electron chi connectivity index (χ1n) is 21.2. The molecule has 0 amide bonds. The lowest BCUT2D eigenvalue weighted by Crippen LogP contribution is -2.59. The van der Waals surface area contributed by atoms with Gasteiger partial charge in [0.2, 0.25) is 0 Å². The van der Waals surface area contributed by atoms with Crippen LogP contribution in [0, 0.1) is 92.7 Å². The minimum atomic E-state index is 0.0430. The Morgan fingerprint density at radius 1 is 0.500 bits per heavy atom. The van der Waals surface area contributed by atoms with Gasteiger partial charge in [-0.1, -0.05) is 38.8 Å². The van der Waals surface area contributed by atoms with Gasteiger partial charge < -0.3 is 0 Å². The highest BCUT2D eigenvalue weighted by atomic mass is 16.1. The molecule has 0 N–H and O–H groups in total. The molecule has 0 saturated heterocycles. The maximum atomic E-state index is 13.6. The van der Waals surface area contributed by atoms with Crippen molar-refractivity contribution in [1.29, 1.82) is 0 Å². The number of Topliss-reactive ketones (excluding diaryl/α,β-unsaturated/α-hetero) is 2. The zero-order valence-corrected chi connectivity index (χ0v) is 32.0. The molecule has 4 unspecified atom stereocenters. The maximum Gasteiger partial charge on any atom is 0.155 e. The Labute approximate surface area is 301 Å². The quantitative estimate of drug-likeness (QED) is 0.296. The van der Waals surface area contributed by atoms with Crippen LogP contribution in [0.1, 0.15) is 144 Å². The van der Waals surface area contributed by atoms with Crippen LogP contribution < -0.4 is 0 Å². The molecule has 4 nitrogen and oxygen atoms in total. The zero-order chi connectivity index (χ0) is 35.1. The number of fused-ring (bicyclic) bond motifs is 10. The summed E-state index contributed by atoms with van der Waals surface area (Å²) in [4.78, 5) is 53.0. The normalized spacial score (nSPS) is 53.7. The largest absolute Gasteiger partial charge is 0.300 e. The average molecular weight is 681 g/mol. The zero-order valence-electron chi connectivity index (χ0n) is 32.0. The highest BCUT2D eigenvalue weighted by Crippen LogP contribution is 2.73. The van der Waals surface area contributed by atoms with E-state index in [0.717, 1.165) is 38.5 Å². The molecular weight excluding hydrogens is 617 g/mol. The molecule has 9 rings (SSSR count). The van der Waals surface area contributed by atoms with Crippen LogP contribution in [0.2, 0.25) is 0 Å².